The summed E-state index contributed by atoms with van der Waals surface area (Å²) in [6, 6.07) is 3.71. The lowest BCUT2D eigenvalue weighted by Crippen LogP contribution is -2.25. The van der Waals surface area contributed by atoms with E-state index in [9.17, 15) is 4.39 Å². The highest BCUT2D eigenvalue weighted by Gasteiger charge is 2.32. The van der Waals surface area contributed by atoms with Gasteiger partial charge in [0.25, 0.3) is 0 Å². The van der Waals surface area contributed by atoms with Crippen LogP contribution >= 0.6 is 11.6 Å². The van der Waals surface area contributed by atoms with Gasteiger partial charge in [0.05, 0.1) is 6.61 Å². The van der Waals surface area contributed by atoms with Crippen LogP contribution in [0.4, 0.5) is 4.39 Å². The number of rotatable bonds is 5. The van der Waals surface area contributed by atoms with Crippen molar-refractivity contribution in [2.24, 2.45) is 17.8 Å². The van der Waals surface area contributed by atoms with E-state index in [2.05, 4.69) is 12.7 Å². The normalized spacial score (nSPS) is 30.0. The predicted molar refractivity (Wildman–Crippen MR) is 103 cm³/mol. The zero-order valence-corrected chi connectivity index (χ0v) is 16.0. The number of benzene rings is 1. The third kappa shape index (κ3) is 4.22. The summed E-state index contributed by atoms with van der Waals surface area (Å²) < 4.78 is 20.1. The Morgan fingerprint density at radius 2 is 1.68 bits per heavy atom. The van der Waals surface area contributed by atoms with Crippen molar-refractivity contribution in [3.8, 4) is 5.75 Å². The Labute approximate surface area is 156 Å². The number of hydrogen-bond donors (Lipinski definition) is 0. The molecule has 0 unspecified atom stereocenters. The first kappa shape index (κ1) is 18.8. The van der Waals surface area contributed by atoms with Gasteiger partial charge in [-0.25, -0.2) is 4.39 Å². The van der Waals surface area contributed by atoms with Crippen molar-refractivity contribution in [1.82, 2.24) is 0 Å². The fourth-order valence-electron chi connectivity index (χ4n) is 4.88. The van der Waals surface area contributed by atoms with E-state index in [4.69, 9.17) is 16.3 Å². The summed E-state index contributed by atoms with van der Waals surface area (Å²) in [4.78, 5) is 0. The smallest absolute Gasteiger partial charge is 0.149 e. The van der Waals surface area contributed by atoms with Gasteiger partial charge in [-0.2, -0.15) is 0 Å². The summed E-state index contributed by atoms with van der Waals surface area (Å²) >= 11 is 6.17. The van der Waals surface area contributed by atoms with Crippen LogP contribution in [0.3, 0.4) is 0 Å². The Morgan fingerprint density at radius 3 is 2.24 bits per heavy atom. The molecule has 0 spiro atoms. The Morgan fingerprint density at radius 1 is 1.08 bits per heavy atom. The molecule has 0 N–H and O–H groups in total. The lowest BCUT2D eigenvalue weighted by atomic mass is 9.68. The van der Waals surface area contributed by atoms with E-state index in [1.165, 1.54) is 38.5 Å². The maximum Gasteiger partial charge on any atom is 0.149 e. The zero-order chi connectivity index (χ0) is 17.8. The summed E-state index contributed by atoms with van der Waals surface area (Å²) in [5.41, 5.74) is 0.780. The summed E-state index contributed by atoms with van der Waals surface area (Å²) in [6.07, 6.45) is 12.0. The van der Waals surface area contributed by atoms with Crippen LogP contribution in [0.2, 0.25) is 5.02 Å². The van der Waals surface area contributed by atoms with Crippen molar-refractivity contribution >= 4 is 11.6 Å². The Bertz CT molecular complexity index is 584. The van der Waals surface area contributed by atoms with Crippen molar-refractivity contribution < 1.29 is 9.13 Å². The van der Waals surface area contributed by atoms with Crippen molar-refractivity contribution in [2.75, 3.05) is 6.61 Å². The summed E-state index contributed by atoms with van der Waals surface area (Å²) in [5.74, 6) is 2.90. The molecule has 3 rings (SSSR count). The fraction of sp³-hybridized carbons (Fsp3) is 0.636. The van der Waals surface area contributed by atoms with Crippen LogP contribution in [-0.2, 0) is 0 Å². The average Bonchev–Trinajstić information content (AvgIpc) is 2.66. The molecule has 25 heavy (non-hydrogen) atoms. The second-order valence-electron chi connectivity index (χ2n) is 7.74. The van der Waals surface area contributed by atoms with Crippen LogP contribution in [0.1, 0.15) is 69.8 Å². The molecule has 1 aromatic carbocycles. The van der Waals surface area contributed by atoms with Gasteiger partial charge in [-0.3, -0.25) is 0 Å². The highest BCUT2D eigenvalue weighted by Crippen LogP contribution is 2.45. The lowest BCUT2D eigenvalue weighted by Gasteiger charge is -2.37. The molecule has 0 saturated heterocycles. The van der Waals surface area contributed by atoms with Crippen molar-refractivity contribution in [1.29, 1.82) is 0 Å². The molecule has 2 fully saturated rings. The van der Waals surface area contributed by atoms with Gasteiger partial charge < -0.3 is 4.74 Å². The van der Waals surface area contributed by atoms with Gasteiger partial charge in [0.15, 0.2) is 0 Å². The molecule has 0 bridgehead atoms. The highest BCUT2D eigenvalue weighted by molar-refractivity contribution is 6.32. The SMILES string of the molecule is C=CC1CCC(C2CCC(c3ccc(OCC)c(Cl)c3F)CC2)CC1. The monoisotopic (exact) mass is 364 g/mol. The molecule has 2 aliphatic carbocycles. The van der Waals surface area contributed by atoms with E-state index in [0.717, 1.165) is 36.2 Å². The van der Waals surface area contributed by atoms with Crippen molar-refractivity contribution in [2.45, 2.75) is 64.2 Å². The van der Waals surface area contributed by atoms with E-state index in [-0.39, 0.29) is 10.8 Å². The Balaban J connectivity index is 1.59. The molecule has 3 heteroatoms. The molecule has 138 valence electrons. The molecular formula is C22H30ClFO. The maximum absolute atomic E-state index is 14.7. The first-order valence-electron chi connectivity index (χ1n) is 9.87. The average molecular weight is 365 g/mol. The minimum atomic E-state index is -0.275. The number of ether oxygens (including phenoxy) is 1. The van der Waals surface area contributed by atoms with Gasteiger partial charge in [-0.1, -0.05) is 23.7 Å². The second kappa shape index (κ2) is 8.58. The van der Waals surface area contributed by atoms with Gasteiger partial charge in [0, 0.05) is 0 Å². The topological polar surface area (TPSA) is 9.23 Å². The molecular weight excluding hydrogens is 335 g/mol. The molecule has 0 aliphatic heterocycles. The zero-order valence-electron chi connectivity index (χ0n) is 15.3. The summed E-state index contributed by atoms with van der Waals surface area (Å²) in [7, 11) is 0. The Hall–Kier alpha value is -1.02. The number of allylic oxidation sites excluding steroid dienone is 1. The van der Waals surface area contributed by atoms with E-state index < -0.39 is 0 Å². The first-order valence-corrected chi connectivity index (χ1v) is 10.2. The second-order valence-corrected chi connectivity index (χ2v) is 8.11. The van der Waals surface area contributed by atoms with Gasteiger partial charge in [-0.15, -0.1) is 6.58 Å². The molecule has 0 amide bonds. The van der Waals surface area contributed by atoms with Gasteiger partial charge >= 0.3 is 0 Å². The number of halogens is 2. The summed E-state index contributed by atoms with van der Waals surface area (Å²) in [6.45, 7) is 6.32. The van der Waals surface area contributed by atoms with Gasteiger partial charge in [0.1, 0.15) is 16.6 Å². The standard InChI is InChI=1S/C22H30ClFO/c1-3-15-5-7-16(8-6-15)17-9-11-18(12-10-17)19-13-14-20(25-4-2)21(23)22(19)24/h3,13-18H,1,4-12H2,2H3. The van der Waals surface area contributed by atoms with Crippen LogP contribution in [0, 0.1) is 23.6 Å². The van der Waals surface area contributed by atoms with Crippen LogP contribution in [0.5, 0.6) is 5.75 Å². The predicted octanol–water partition coefficient (Wildman–Crippen LogP) is 7.14. The minimum absolute atomic E-state index is 0.143. The molecule has 2 aliphatic rings. The van der Waals surface area contributed by atoms with E-state index in [1.54, 1.807) is 0 Å². The molecule has 1 nitrogen and oxygen atoms in total. The molecule has 0 aromatic heterocycles. The fourth-order valence-corrected chi connectivity index (χ4v) is 5.11. The van der Waals surface area contributed by atoms with Crippen LogP contribution in [0.15, 0.2) is 24.8 Å². The molecule has 1 aromatic rings. The van der Waals surface area contributed by atoms with Crippen LogP contribution in [0.25, 0.3) is 0 Å². The Kier molecular flexibility index (Phi) is 6.44. The quantitative estimate of drug-likeness (QED) is 0.504. The minimum Gasteiger partial charge on any atom is -0.492 e. The molecule has 2 saturated carbocycles. The van der Waals surface area contributed by atoms with E-state index in [0.29, 0.717) is 18.3 Å². The molecule has 0 radical (unpaired) electrons. The van der Waals surface area contributed by atoms with Crippen LogP contribution in [-0.4, -0.2) is 6.61 Å². The van der Waals surface area contributed by atoms with Crippen LogP contribution < -0.4 is 4.74 Å². The van der Waals surface area contributed by atoms with E-state index in [1.807, 2.05) is 19.1 Å². The molecule has 0 heterocycles. The van der Waals surface area contributed by atoms with Gasteiger partial charge in [0.2, 0.25) is 0 Å². The van der Waals surface area contributed by atoms with Crippen molar-refractivity contribution in [3.63, 3.8) is 0 Å². The van der Waals surface area contributed by atoms with Gasteiger partial charge in [-0.05, 0) is 93.6 Å². The summed E-state index contributed by atoms with van der Waals surface area (Å²) in [5, 5.41) is 0.143. The largest absolute Gasteiger partial charge is 0.492 e. The third-order valence-electron chi connectivity index (χ3n) is 6.40. The maximum atomic E-state index is 14.7. The van der Waals surface area contributed by atoms with Crippen molar-refractivity contribution in [3.05, 3.63) is 41.2 Å². The van der Waals surface area contributed by atoms with E-state index >= 15 is 0 Å². The first-order chi connectivity index (χ1) is 12.1. The molecule has 0 atom stereocenters. The third-order valence-corrected chi connectivity index (χ3v) is 6.76. The highest BCUT2D eigenvalue weighted by atomic mass is 35.5. The number of hydrogen-bond acceptors (Lipinski definition) is 1. The lowest BCUT2D eigenvalue weighted by molar-refractivity contribution is 0.171.